The van der Waals surface area contributed by atoms with Crippen LogP contribution < -0.4 is 9.47 Å². The number of nitrogens with zero attached hydrogens (tertiary/aromatic N) is 2. The number of halogens is 1. The molecule has 0 bridgehead atoms. The van der Waals surface area contributed by atoms with E-state index in [1.165, 1.54) is 19.2 Å². The molecule has 0 saturated heterocycles. The number of hydrogen-bond donors (Lipinski definition) is 0. The Hall–Kier alpha value is -3.07. The Morgan fingerprint density at radius 2 is 2.04 bits per heavy atom. The molecule has 2 aromatic rings. The molecule has 5 nitrogen and oxygen atoms in total. The lowest BCUT2D eigenvalue weighted by atomic mass is 10.2. The standard InChI is InChI=1S/C19H19FN2O3/c1-3-22(12-15-5-4-6-16(20)9-15)19(23)13-25-17-8-7-14(11-21)10-18(17)24-2/h4-10H,3,12-13H2,1-2H3. The van der Waals surface area contributed by atoms with Gasteiger partial charge in [0.15, 0.2) is 18.1 Å². The Kier molecular flexibility index (Phi) is 6.35. The van der Waals surface area contributed by atoms with E-state index >= 15 is 0 Å². The largest absolute Gasteiger partial charge is 0.493 e. The highest BCUT2D eigenvalue weighted by molar-refractivity contribution is 5.77. The normalized spacial score (nSPS) is 10.0. The van der Waals surface area contributed by atoms with Crippen LogP contribution >= 0.6 is 0 Å². The molecule has 1 amide bonds. The highest BCUT2D eigenvalue weighted by Crippen LogP contribution is 2.27. The van der Waals surface area contributed by atoms with E-state index in [0.29, 0.717) is 35.7 Å². The van der Waals surface area contributed by atoms with E-state index in [9.17, 15) is 9.18 Å². The maximum atomic E-state index is 13.3. The van der Waals surface area contributed by atoms with Crippen LogP contribution in [0, 0.1) is 17.1 Å². The summed E-state index contributed by atoms with van der Waals surface area (Å²) < 4.78 is 24.0. The Bertz CT molecular complexity index is 786. The van der Waals surface area contributed by atoms with Crippen molar-refractivity contribution in [2.75, 3.05) is 20.3 Å². The molecule has 25 heavy (non-hydrogen) atoms. The van der Waals surface area contributed by atoms with Gasteiger partial charge in [-0.25, -0.2) is 4.39 Å². The molecule has 0 saturated carbocycles. The zero-order valence-corrected chi connectivity index (χ0v) is 14.2. The fourth-order valence-corrected chi connectivity index (χ4v) is 2.32. The van der Waals surface area contributed by atoms with E-state index in [2.05, 4.69) is 0 Å². The fraction of sp³-hybridized carbons (Fsp3) is 0.263. The van der Waals surface area contributed by atoms with Crippen LogP contribution in [0.4, 0.5) is 4.39 Å². The smallest absolute Gasteiger partial charge is 0.260 e. The number of ether oxygens (including phenoxy) is 2. The summed E-state index contributed by atoms with van der Waals surface area (Å²) in [5.74, 6) is 0.217. The molecule has 0 aromatic heterocycles. The van der Waals surface area contributed by atoms with E-state index < -0.39 is 0 Å². The maximum Gasteiger partial charge on any atom is 0.260 e. The van der Waals surface area contributed by atoms with Crippen LogP contribution in [-0.2, 0) is 11.3 Å². The molecule has 2 rings (SSSR count). The molecule has 0 aliphatic carbocycles. The van der Waals surface area contributed by atoms with E-state index in [0.717, 1.165) is 0 Å². The summed E-state index contributed by atoms with van der Waals surface area (Å²) in [5, 5.41) is 8.90. The van der Waals surface area contributed by atoms with Gasteiger partial charge in [-0.3, -0.25) is 4.79 Å². The second-order valence-electron chi connectivity index (χ2n) is 5.30. The molecule has 0 aliphatic heterocycles. The maximum absolute atomic E-state index is 13.3. The third-order valence-corrected chi connectivity index (χ3v) is 3.64. The number of carbonyl (C=O) groups is 1. The zero-order chi connectivity index (χ0) is 18.2. The number of nitriles is 1. The lowest BCUT2D eigenvalue weighted by Gasteiger charge is -2.21. The van der Waals surface area contributed by atoms with Crippen LogP contribution in [0.2, 0.25) is 0 Å². The third-order valence-electron chi connectivity index (χ3n) is 3.64. The Balaban J connectivity index is 2.01. The molecule has 0 N–H and O–H groups in total. The van der Waals surface area contributed by atoms with Crippen molar-refractivity contribution in [3.05, 3.63) is 59.4 Å². The van der Waals surface area contributed by atoms with Crippen molar-refractivity contribution < 1.29 is 18.7 Å². The Morgan fingerprint density at radius 1 is 1.24 bits per heavy atom. The second kappa shape index (κ2) is 8.69. The lowest BCUT2D eigenvalue weighted by Crippen LogP contribution is -2.34. The quantitative estimate of drug-likeness (QED) is 0.775. The van der Waals surface area contributed by atoms with Crippen LogP contribution in [0.5, 0.6) is 11.5 Å². The number of methoxy groups -OCH3 is 1. The molecule has 0 spiro atoms. The Labute approximate surface area is 146 Å². The molecule has 0 unspecified atom stereocenters. The van der Waals surface area contributed by atoms with Gasteiger partial charge in [-0.1, -0.05) is 12.1 Å². The summed E-state index contributed by atoms with van der Waals surface area (Å²) in [4.78, 5) is 13.9. The van der Waals surface area contributed by atoms with Crippen molar-refractivity contribution >= 4 is 5.91 Å². The van der Waals surface area contributed by atoms with Crippen molar-refractivity contribution in [3.8, 4) is 17.6 Å². The van der Waals surface area contributed by atoms with E-state index in [1.807, 2.05) is 13.0 Å². The molecule has 2 aromatic carbocycles. The first-order chi connectivity index (χ1) is 12.1. The van der Waals surface area contributed by atoms with Crippen molar-refractivity contribution in [1.82, 2.24) is 4.90 Å². The van der Waals surface area contributed by atoms with Crippen molar-refractivity contribution in [3.63, 3.8) is 0 Å². The van der Waals surface area contributed by atoms with Crippen LogP contribution in [0.3, 0.4) is 0 Å². The number of hydrogen-bond acceptors (Lipinski definition) is 4. The average Bonchev–Trinajstić information content (AvgIpc) is 2.64. The van der Waals surface area contributed by atoms with Crippen LogP contribution in [0.15, 0.2) is 42.5 Å². The molecule has 6 heteroatoms. The number of likely N-dealkylation sites (N-methyl/N-ethyl adjacent to an activating group) is 1. The number of amides is 1. The first-order valence-electron chi connectivity index (χ1n) is 7.80. The monoisotopic (exact) mass is 342 g/mol. The number of benzene rings is 2. The molecule has 0 radical (unpaired) electrons. The highest BCUT2D eigenvalue weighted by Gasteiger charge is 2.15. The second-order valence-corrected chi connectivity index (χ2v) is 5.30. The summed E-state index contributed by atoms with van der Waals surface area (Å²) in [6.07, 6.45) is 0. The minimum absolute atomic E-state index is 0.175. The van der Waals surface area contributed by atoms with E-state index in [1.54, 1.807) is 35.2 Å². The van der Waals surface area contributed by atoms with Gasteiger partial charge in [0.2, 0.25) is 0 Å². The molecular weight excluding hydrogens is 323 g/mol. The minimum Gasteiger partial charge on any atom is -0.493 e. The van der Waals surface area contributed by atoms with Gasteiger partial charge in [0.25, 0.3) is 5.91 Å². The SMILES string of the molecule is CCN(Cc1cccc(F)c1)C(=O)COc1ccc(C#N)cc1OC. The summed E-state index contributed by atoms with van der Waals surface area (Å²) in [7, 11) is 1.47. The first kappa shape index (κ1) is 18.3. The topological polar surface area (TPSA) is 62.6 Å². The van der Waals surface area contributed by atoms with Gasteiger partial charge in [0.05, 0.1) is 18.7 Å². The van der Waals surface area contributed by atoms with Crippen molar-refractivity contribution in [2.24, 2.45) is 0 Å². The summed E-state index contributed by atoms with van der Waals surface area (Å²) >= 11 is 0. The average molecular weight is 342 g/mol. The summed E-state index contributed by atoms with van der Waals surface area (Å²) in [6, 6.07) is 12.9. The van der Waals surface area contributed by atoms with Crippen LogP contribution in [0.1, 0.15) is 18.1 Å². The predicted molar refractivity (Wildman–Crippen MR) is 90.7 cm³/mol. The van der Waals surface area contributed by atoms with Gasteiger partial charge < -0.3 is 14.4 Å². The molecule has 0 aliphatic rings. The van der Waals surface area contributed by atoms with E-state index in [4.69, 9.17) is 14.7 Å². The molecule has 130 valence electrons. The molecule has 0 heterocycles. The predicted octanol–water partition coefficient (Wildman–Crippen LogP) is 3.13. The van der Waals surface area contributed by atoms with E-state index in [-0.39, 0.29) is 18.3 Å². The summed E-state index contributed by atoms with van der Waals surface area (Å²) in [6.45, 7) is 2.45. The van der Waals surface area contributed by atoms with Gasteiger partial charge in [-0.2, -0.15) is 5.26 Å². The fourth-order valence-electron chi connectivity index (χ4n) is 2.32. The molecule has 0 fully saturated rings. The third kappa shape index (κ3) is 4.95. The van der Waals surface area contributed by atoms with Gasteiger partial charge in [-0.15, -0.1) is 0 Å². The molecular formula is C19H19FN2O3. The zero-order valence-electron chi connectivity index (χ0n) is 14.2. The summed E-state index contributed by atoms with van der Waals surface area (Å²) in [5.41, 5.74) is 1.16. The van der Waals surface area contributed by atoms with Crippen LogP contribution in [-0.4, -0.2) is 31.1 Å². The van der Waals surface area contributed by atoms with Crippen LogP contribution in [0.25, 0.3) is 0 Å². The van der Waals surface area contributed by atoms with Gasteiger partial charge >= 0.3 is 0 Å². The lowest BCUT2D eigenvalue weighted by molar-refractivity contribution is -0.133. The van der Waals surface area contributed by atoms with Gasteiger partial charge in [-0.05, 0) is 36.8 Å². The first-order valence-corrected chi connectivity index (χ1v) is 7.80. The van der Waals surface area contributed by atoms with Crippen molar-refractivity contribution in [2.45, 2.75) is 13.5 Å². The number of rotatable bonds is 7. The highest BCUT2D eigenvalue weighted by atomic mass is 19.1. The van der Waals surface area contributed by atoms with Gasteiger partial charge in [0, 0.05) is 19.2 Å². The Morgan fingerprint density at radius 3 is 2.68 bits per heavy atom. The van der Waals surface area contributed by atoms with Crippen molar-refractivity contribution in [1.29, 1.82) is 5.26 Å². The minimum atomic E-state index is -0.334. The molecule has 0 atom stereocenters. The number of carbonyl (C=O) groups excluding carboxylic acids is 1. The van der Waals surface area contributed by atoms with Gasteiger partial charge in [0.1, 0.15) is 5.82 Å².